The van der Waals surface area contributed by atoms with E-state index in [-0.39, 0.29) is 5.91 Å². The summed E-state index contributed by atoms with van der Waals surface area (Å²) in [5, 5.41) is 0. The smallest absolute Gasteiger partial charge is 0.254 e. The van der Waals surface area contributed by atoms with Crippen molar-refractivity contribution in [1.29, 1.82) is 0 Å². The van der Waals surface area contributed by atoms with Gasteiger partial charge in [0.1, 0.15) is 11.5 Å². The lowest BCUT2D eigenvalue weighted by Crippen LogP contribution is -2.30. The first kappa shape index (κ1) is 19.5. The normalized spacial score (nSPS) is 10.4. The molecule has 144 valence electrons. The Hall–Kier alpha value is -3.27. The van der Waals surface area contributed by atoms with Crippen molar-refractivity contribution in [2.45, 2.75) is 20.0 Å². The van der Waals surface area contributed by atoms with Crippen LogP contribution in [0.2, 0.25) is 0 Å². The van der Waals surface area contributed by atoms with Crippen LogP contribution >= 0.6 is 0 Å². The highest BCUT2D eigenvalue weighted by molar-refractivity contribution is 5.94. The van der Waals surface area contributed by atoms with E-state index in [0.717, 1.165) is 28.2 Å². The van der Waals surface area contributed by atoms with Crippen molar-refractivity contribution >= 4 is 5.91 Å². The molecule has 0 N–H and O–H groups in total. The average molecular weight is 375 g/mol. The number of ether oxygens (including phenoxy) is 2. The van der Waals surface area contributed by atoms with Gasteiger partial charge < -0.3 is 14.4 Å². The van der Waals surface area contributed by atoms with Crippen LogP contribution in [-0.4, -0.2) is 25.0 Å². The number of amides is 1. The van der Waals surface area contributed by atoms with E-state index < -0.39 is 0 Å². The van der Waals surface area contributed by atoms with Crippen LogP contribution in [0.3, 0.4) is 0 Å². The molecule has 0 bridgehead atoms. The summed E-state index contributed by atoms with van der Waals surface area (Å²) in [6.07, 6.45) is 0. The Labute approximate surface area is 166 Å². The minimum Gasteiger partial charge on any atom is -0.497 e. The minimum atomic E-state index is 0.00614. The quantitative estimate of drug-likeness (QED) is 0.592. The Morgan fingerprint density at radius 2 is 1.14 bits per heavy atom. The van der Waals surface area contributed by atoms with Gasteiger partial charge in [0.15, 0.2) is 0 Å². The number of hydrogen-bond donors (Lipinski definition) is 0. The second-order valence-electron chi connectivity index (χ2n) is 6.72. The standard InChI is InChI=1S/C24H25NO3/c1-18-4-10-21(11-5-18)24(26)25(16-19-6-12-22(27-2)13-7-19)17-20-8-14-23(28-3)15-9-20/h4-15H,16-17H2,1-3H3. The number of aryl methyl sites for hydroxylation is 1. The Bertz CT molecular complexity index is 851. The van der Waals surface area contributed by atoms with Crippen LogP contribution in [0.15, 0.2) is 72.8 Å². The predicted octanol–water partition coefficient (Wildman–Crippen LogP) is 4.85. The van der Waals surface area contributed by atoms with E-state index in [4.69, 9.17) is 9.47 Å². The number of benzene rings is 3. The number of carbonyl (C=O) groups excluding carboxylic acids is 1. The fourth-order valence-corrected chi connectivity index (χ4v) is 2.98. The van der Waals surface area contributed by atoms with Gasteiger partial charge in [-0.15, -0.1) is 0 Å². The molecule has 0 fully saturated rings. The van der Waals surface area contributed by atoms with Crippen LogP contribution in [0.25, 0.3) is 0 Å². The second kappa shape index (κ2) is 9.09. The van der Waals surface area contributed by atoms with E-state index in [1.807, 2.05) is 84.6 Å². The van der Waals surface area contributed by atoms with Gasteiger partial charge in [0, 0.05) is 18.7 Å². The third-order valence-corrected chi connectivity index (χ3v) is 4.65. The highest BCUT2D eigenvalue weighted by Gasteiger charge is 2.17. The zero-order chi connectivity index (χ0) is 19.9. The van der Waals surface area contributed by atoms with E-state index >= 15 is 0 Å². The van der Waals surface area contributed by atoms with Crippen LogP contribution in [0, 0.1) is 6.92 Å². The van der Waals surface area contributed by atoms with Crippen molar-refractivity contribution in [3.8, 4) is 11.5 Å². The summed E-state index contributed by atoms with van der Waals surface area (Å²) in [4.78, 5) is 15.0. The van der Waals surface area contributed by atoms with E-state index in [9.17, 15) is 4.79 Å². The monoisotopic (exact) mass is 375 g/mol. The lowest BCUT2D eigenvalue weighted by atomic mass is 10.1. The first-order chi connectivity index (χ1) is 13.6. The lowest BCUT2D eigenvalue weighted by Gasteiger charge is -2.23. The third-order valence-electron chi connectivity index (χ3n) is 4.65. The van der Waals surface area contributed by atoms with Crippen LogP contribution < -0.4 is 9.47 Å². The third kappa shape index (κ3) is 4.92. The van der Waals surface area contributed by atoms with Crippen LogP contribution in [0.1, 0.15) is 27.0 Å². The number of rotatable bonds is 7. The van der Waals surface area contributed by atoms with E-state index in [1.54, 1.807) is 14.2 Å². The van der Waals surface area contributed by atoms with Crippen molar-refractivity contribution in [2.24, 2.45) is 0 Å². The molecule has 0 unspecified atom stereocenters. The molecule has 0 spiro atoms. The Balaban J connectivity index is 1.84. The zero-order valence-corrected chi connectivity index (χ0v) is 16.5. The van der Waals surface area contributed by atoms with Gasteiger partial charge in [0.05, 0.1) is 14.2 Å². The topological polar surface area (TPSA) is 38.8 Å². The maximum absolute atomic E-state index is 13.2. The molecule has 0 aliphatic heterocycles. The summed E-state index contributed by atoms with van der Waals surface area (Å²) < 4.78 is 10.5. The number of nitrogens with zero attached hydrogens (tertiary/aromatic N) is 1. The van der Waals surface area contributed by atoms with Gasteiger partial charge in [0.2, 0.25) is 0 Å². The van der Waals surface area contributed by atoms with Crippen molar-refractivity contribution < 1.29 is 14.3 Å². The molecule has 3 rings (SSSR count). The Kier molecular flexibility index (Phi) is 6.33. The molecular formula is C24H25NO3. The highest BCUT2D eigenvalue weighted by atomic mass is 16.5. The molecule has 4 nitrogen and oxygen atoms in total. The summed E-state index contributed by atoms with van der Waals surface area (Å²) in [6.45, 7) is 3.05. The molecule has 1 amide bonds. The molecule has 0 radical (unpaired) electrons. The summed E-state index contributed by atoms with van der Waals surface area (Å²) in [6, 6.07) is 23.3. The Morgan fingerprint density at radius 1 is 0.714 bits per heavy atom. The molecule has 3 aromatic rings. The maximum atomic E-state index is 13.2. The summed E-state index contributed by atoms with van der Waals surface area (Å²) in [7, 11) is 3.29. The molecule has 3 aromatic carbocycles. The van der Waals surface area contributed by atoms with Gasteiger partial charge in [-0.2, -0.15) is 0 Å². The largest absolute Gasteiger partial charge is 0.497 e. The SMILES string of the molecule is COc1ccc(CN(Cc2ccc(OC)cc2)C(=O)c2ccc(C)cc2)cc1. The van der Waals surface area contributed by atoms with Crippen molar-refractivity contribution in [2.75, 3.05) is 14.2 Å². The molecular weight excluding hydrogens is 350 g/mol. The fourth-order valence-electron chi connectivity index (χ4n) is 2.98. The molecule has 0 heterocycles. The van der Waals surface area contributed by atoms with Gasteiger partial charge in [-0.3, -0.25) is 4.79 Å². The summed E-state index contributed by atoms with van der Waals surface area (Å²) in [5.41, 5.74) is 3.92. The molecule has 0 saturated carbocycles. The van der Waals surface area contributed by atoms with Gasteiger partial charge >= 0.3 is 0 Å². The molecule has 28 heavy (non-hydrogen) atoms. The molecule has 0 aliphatic carbocycles. The molecule has 4 heteroatoms. The first-order valence-electron chi connectivity index (χ1n) is 9.21. The second-order valence-corrected chi connectivity index (χ2v) is 6.72. The highest BCUT2D eigenvalue weighted by Crippen LogP contribution is 2.19. The zero-order valence-electron chi connectivity index (χ0n) is 16.5. The van der Waals surface area contributed by atoms with Crippen LogP contribution in [-0.2, 0) is 13.1 Å². The fraction of sp³-hybridized carbons (Fsp3) is 0.208. The van der Waals surface area contributed by atoms with Crippen molar-refractivity contribution in [1.82, 2.24) is 4.90 Å². The number of methoxy groups -OCH3 is 2. The van der Waals surface area contributed by atoms with Gasteiger partial charge in [-0.05, 0) is 54.4 Å². The van der Waals surface area contributed by atoms with Gasteiger partial charge in [-0.25, -0.2) is 0 Å². The maximum Gasteiger partial charge on any atom is 0.254 e. The average Bonchev–Trinajstić information content (AvgIpc) is 2.74. The van der Waals surface area contributed by atoms with E-state index in [1.165, 1.54) is 0 Å². The minimum absolute atomic E-state index is 0.00614. The van der Waals surface area contributed by atoms with Crippen LogP contribution in [0.4, 0.5) is 0 Å². The molecule has 0 atom stereocenters. The number of hydrogen-bond acceptors (Lipinski definition) is 3. The van der Waals surface area contributed by atoms with Crippen LogP contribution in [0.5, 0.6) is 11.5 Å². The summed E-state index contributed by atoms with van der Waals surface area (Å²) in [5.74, 6) is 1.61. The van der Waals surface area contributed by atoms with E-state index in [2.05, 4.69) is 0 Å². The lowest BCUT2D eigenvalue weighted by molar-refractivity contribution is 0.0730. The summed E-state index contributed by atoms with van der Waals surface area (Å²) >= 11 is 0. The molecule has 0 aliphatic rings. The van der Waals surface area contributed by atoms with Gasteiger partial charge in [0.25, 0.3) is 5.91 Å². The van der Waals surface area contributed by atoms with Gasteiger partial charge in [-0.1, -0.05) is 42.0 Å². The number of carbonyl (C=O) groups is 1. The van der Waals surface area contributed by atoms with E-state index in [0.29, 0.717) is 18.7 Å². The van der Waals surface area contributed by atoms with Crippen molar-refractivity contribution in [3.05, 3.63) is 95.1 Å². The predicted molar refractivity (Wildman–Crippen MR) is 111 cm³/mol. The van der Waals surface area contributed by atoms with Crippen molar-refractivity contribution in [3.63, 3.8) is 0 Å². The Morgan fingerprint density at radius 3 is 1.54 bits per heavy atom. The molecule has 0 aromatic heterocycles. The first-order valence-corrected chi connectivity index (χ1v) is 9.21. The molecule has 0 saturated heterocycles.